The number of nitrogens with one attached hydrogen (secondary N) is 1. The summed E-state index contributed by atoms with van der Waals surface area (Å²) in [6.45, 7) is 1.42. The van der Waals surface area contributed by atoms with Gasteiger partial charge in [-0.2, -0.15) is 5.10 Å². The van der Waals surface area contributed by atoms with Crippen LogP contribution in [-0.2, 0) is 11.3 Å². The molecule has 1 aromatic heterocycles. The highest BCUT2D eigenvalue weighted by Crippen LogP contribution is 2.28. The zero-order valence-corrected chi connectivity index (χ0v) is 16.4. The van der Waals surface area contributed by atoms with E-state index in [4.69, 9.17) is 27.9 Å². The van der Waals surface area contributed by atoms with E-state index in [1.165, 1.54) is 13.5 Å². The first-order valence-electron chi connectivity index (χ1n) is 8.63. The molecule has 9 heteroatoms. The third-order valence-corrected chi connectivity index (χ3v) is 4.98. The number of aromatic nitrogens is 2. The summed E-state index contributed by atoms with van der Waals surface area (Å²) in [5.74, 6) is 0.0264. The van der Waals surface area contributed by atoms with E-state index in [1.807, 2.05) is 0 Å². The lowest BCUT2D eigenvalue weighted by Crippen LogP contribution is -2.34. The second kappa shape index (κ2) is 8.63. The number of carbonyl (C=O) groups excluding carboxylic acids is 1. The maximum absolute atomic E-state index is 12.5. The molecule has 1 aromatic carbocycles. The first-order chi connectivity index (χ1) is 13.0. The minimum Gasteiger partial charge on any atom is -0.495 e. The van der Waals surface area contributed by atoms with Crippen LogP contribution in [0.25, 0.3) is 0 Å². The van der Waals surface area contributed by atoms with Gasteiger partial charge < -0.3 is 15.0 Å². The van der Waals surface area contributed by atoms with Crippen LogP contribution in [-0.4, -0.2) is 35.9 Å². The van der Waals surface area contributed by atoms with Gasteiger partial charge in [-0.05, 0) is 37.5 Å². The van der Waals surface area contributed by atoms with Gasteiger partial charge in [-0.1, -0.05) is 23.2 Å². The number of rotatable bonds is 5. The number of anilines is 2. The molecule has 7 nitrogen and oxygen atoms in total. The second-order valence-electron chi connectivity index (χ2n) is 6.25. The number of hydrogen-bond donors (Lipinski definition) is 1. The molecule has 0 radical (unpaired) electrons. The molecule has 0 bridgehead atoms. The first-order valence-corrected chi connectivity index (χ1v) is 9.39. The van der Waals surface area contributed by atoms with E-state index in [2.05, 4.69) is 15.3 Å². The van der Waals surface area contributed by atoms with Gasteiger partial charge in [0.05, 0.1) is 24.7 Å². The smallest absolute Gasteiger partial charge is 0.288 e. The lowest BCUT2D eigenvalue weighted by molar-refractivity contribution is -0.117. The van der Waals surface area contributed by atoms with Crippen molar-refractivity contribution in [3.63, 3.8) is 0 Å². The molecule has 1 fully saturated rings. The minimum absolute atomic E-state index is 0.0834. The molecule has 0 unspecified atom stereocenters. The topological polar surface area (TPSA) is 76.5 Å². The SMILES string of the molecule is COc1ccc(Cl)cc1NC(=O)Cn1ncc(N2CCCCC2)c(Cl)c1=O. The van der Waals surface area contributed by atoms with Gasteiger partial charge in [0.25, 0.3) is 5.56 Å². The predicted octanol–water partition coefficient (Wildman–Crippen LogP) is 3.19. The molecule has 1 saturated heterocycles. The lowest BCUT2D eigenvalue weighted by atomic mass is 10.1. The fraction of sp³-hybridized carbons (Fsp3) is 0.389. The van der Waals surface area contributed by atoms with Crippen molar-refractivity contribution in [2.75, 3.05) is 30.4 Å². The second-order valence-corrected chi connectivity index (χ2v) is 7.06. The van der Waals surface area contributed by atoms with Crippen molar-refractivity contribution in [2.24, 2.45) is 0 Å². The van der Waals surface area contributed by atoms with Crippen LogP contribution in [0.1, 0.15) is 19.3 Å². The predicted molar refractivity (Wildman–Crippen MR) is 106 cm³/mol. The quantitative estimate of drug-likeness (QED) is 0.818. The molecule has 1 amide bonds. The van der Waals surface area contributed by atoms with Gasteiger partial charge in [0.15, 0.2) is 0 Å². The summed E-state index contributed by atoms with van der Waals surface area (Å²) in [7, 11) is 1.49. The number of carbonyl (C=O) groups is 1. The number of piperidine rings is 1. The summed E-state index contributed by atoms with van der Waals surface area (Å²) in [6.07, 6.45) is 4.83. The summed E-state index contributed by atoms with van der Waals surface area (Å²) >= 11 is 12.2. The van der Waals surface area contributed by atoms with Crippen LogP contribution in [0.3, 0.4) is 0 Å². The van der Waals surface area contributed by atoms with Crippen molar-refractivity contribution in [3.8, 4) is 5.75 Å². The number of ether oxygens (including phenoxy) is 1. The zero-order chi connectivity index (χ0) is 19.4. The van der Waals surface area contributed by atoms with Crippen molar-refractivity contribution in [3.05, 3.63) is 44.8 Å². The van der Waals surface area contributed by atoms with Crippen molar-refractivity contribution < 1.29 is 9.53 Å². The van der Waals surface area contributed by atoms with Gasteiger partial charge >= 0.3 is 0 Å². The van der Waals surface area contributed by atoms with E-state index in [9.17, 15) is 9.59 Å². The number of benzene rings is 1. The van der Waals surface area contributed by atoms with E-state index in [1.54, 1.807) is 24.4 Å². The maximum atomic E-state index is 12.5. The Morgan fingerprint density at radius 3 is 2.70 bits per heavy atom. The number of nitrogens with zero attached hydrogens (tertiary/aromatic N) is 3. The third-order valence-electron chi connectivity index (χ3n) is 4.39. The minimum atomic E-state index is -0.493. The fourth-order valence-corrected chi connectivity index (χ4v) is 3.47. The molecule has 3 rings (SSSR count). The van der Waals surface area contributed by atoms with Crippen LogP contribution < -0.4 is 20.5 Å². The van der Waals surface area contributed by atoms with Gasteiger partial charge in [-0.3, -0.25) is 9.59 Å². The number of halogens is 2. The van der Waals surface area contributed by atoms with Crippen molar-refractivity contribution in [1.29, 1.82) is 0 Å². The molecule has 0 spiro atoms. The van der Waals surface area contributed by atoms with Crippen molar-refractivity contribution in [1.82, 2.24) is 9.78 Å². The molecule has 1 aliphatic heterocycles. The molecular weight excluding hydrogens is 391 g/mol. The zero-order valence-electron chi connectivity index (χ0n) is 14.9. The van der Waals surface area contributed by atoms with E-state index in [0.717, 1.165) is 30.6 Å². The normalized spacial score (nSPS) is 14.1. The Morgan fingerprint density at radius 1 is 1.26 bits per heavy atom. The number of methoxy groups -OCH3 is 1. The summed E-state index contributed by atoms with van der Waals surface area (Å²) in [4.78, 5) is 26.9. The average Bonchev–Trinajstić information content (AvgIpc) is 2.66. The van der Waals surface area contributed by atoms with Crippen LogP contribution in [0.15, 0.2) is 29.2 Å². The fourth-order valence-electron chi connectivity index (χ4n) is 3.03. The molecule has 1 aliphatic rings. The molecule has 144 valence electrons. The van der Waals surface area contributed by atoms with Gasteiger partial charge in [0, 0.05) is 18.1 Å². The van der Waals surface area contributed by atoms with Gasteiger partial charge in [0.2, 0.25) is 5.91 Å². The summed E-state index contributed by atoms with van der Waals surface area (Å²) < 4.78 is 6.24. The molecule has 27 heavy (non-hydrogen) atoms. The van der Waals surface area contributed by atoms with Crippen LogP contribution >= 0.6 is 23.2 Å². The standard InChI is InChI=1S/C18H20Cl2N4O3/c1-27-15-6-5-12(19)9-13(15)22-16(25)11-24-18(26)17(20)14(10-21-24)23-7-3-2-4-8-23/h5-6,9-10H,2-4,7-8,11H2,1H3,(H,22,25). The van der Waals surface area contributed by atoms with Crippen LogP contribution in [0.2, 0.25) is 10.0 Å². The van der Waals surface area contributed by atoms with E-state index >= 15 is 0 Å². The summed E-state index contributed by atoms with van der Waals surface area (Å²) in [5, 5.41) is 7.33. The van der Waals surface area contributed by atoms with E-state index < -0.39 is 11.5 Å². The number of amides is 1. The van der Waals surface area contributed by atoms with Gasteiger partial charge in [-0.25, -0.2) is 4.68 Å². The maximum Gasteiger partial charge on any atom is 0.288 e. The molecular formula is C18H20Cl2N4O3. The monoisotopic (exact) mass is 410 g/mol. The van der Waals surface area contributed by atoms with Crippen molar-refractivity contribution >= 4 is 40.5 Å². The first kappa shape index (κ1) is 19.5. The highest BCUT2D eigenvalue weighted by molar-refractivity contribution is 6.33. The molecule has 0 aliphatic carbocycles. The molecule has 0 saturated carbocycles. The highest BCUT2D eigenvalue weighted by atomic mass is 35.5. The Balaban J connectivity index is 1.76. The van der Waals surface area contributed by atoms with Crippen LogP contribution in [0, 0.1) is 0 Å². The Bertz CT molecular complexity index is 895. The van der Waals surface area contributed by atoms with E-state index in [0.29, 0.717) is 22.1 Å². The Kier molecular flexibility index (Phi) is 6.23. The van der Waals surface area contributed by atoms with Crippen LogP contribution in [0.4, 0.5) is 11.4 Å². The average molecular weight is 411 g/mol. The van der Waals surface area contributed by atoms with Crippen LogP contribution in [0.5, 0.6) is 5.75 Å². The van der Waals surface area contributed by atoms with E-state index in [-0.39, 0.29) is 11.6 Å². The molecule has 2 aromatic rings. The summed E-state index contributed by atoms with van der Waals surface area (Å²) in [6, 6.07) is 4.87. The Labute approximate surface area is 166 Å². The van der Waals surface area contributed by atoms with Gasteiger partial charge in [-0.15, -0.1) is 0 Å². The number of hydrogen-bond acceptors (Lipinski definition) is 5. The van der Waals surface area contributed by atoms with Gasteiger partial charge in [0.1, 0.15) is 17.3 Å². The Hall–Kier alpha value is -2.25. The Morgan fingerprint density at radius 2 is 2.00 bits per heavy atom. The largest absolute Gasteiger partial charge is 0.495 e. The highest BCUT2D eigenvalue weighted by Gasteiger charge is 2.19. The molecule has 1 N–H and O–H groups in total. The van der Waals surface area contributed by atoms with Crippen molar-refractivity contribution in [2.45, 2.75) is 25.8 Å². The summed E-state index contributed by atoms with van der Waals surface area (Å²) in [5.41, 5.74) is 0.543. The molecule has 2 heterocycles. The molecule has 0 atom stereocenters. The lowest BCUT2D eigenvalue weighted by Gasteiger charge is -2.29. The third kappa shape index (κ3) is 4.54.